The fourth-order valence-corrected chi connectivity index (χ4v) is 3.58. The van der Waals surface area contributed by atoms with Crippen molar-refractivity contribution in [1.29, 1.82) is 0 Å². The highest BCUT2D eigenvalue weighted by Crippen LogP contribution is 2.32. The summed E-state index contributed by atoms with van der Waals surface area (Å²) in [6.07, 6.45) is 4.71. The lowest BCUT2D eigenvalue weighted by Gasteiger charge is -2.16. The third-order valence-electron chi connectivity index (χ3n) is 3.91. The van der Waals surface area contributed by atoms with Crippen LogP contribution in [0.5, 0.6) is 0 Å². The Balaban J connectivity index is 2.88. The Kier molecular flexibility index (Phi) is 5.11. The van der Waals surface area contributed by atoms with Crippen molar-refractivity contribution in [2.24, 2.45) is 14.1 Å². The first-order valence-electron chi connectivity index (χ1n) is 7.66. The Hall–Kier alpha value is -1.56. The Bertz CT molecular complexity index is 808. The van der Waals surface area contributed by atoms with Crippen LogP contribution in [0.1, 0.15) is 39.2 Å². The first-order chi connectivity index (χ1) is 10.4. The van der Waals surface area contributed by atoms with Crippen LogP contribution in [0.3, 0.4) is 0 Å². The lowest BCUT2D eigenvalue weighted by molar-refractivity contribution is 0.704. The van der Waals surface area contributed by atoms with E-state index < -0.39 is 0 Å². The van der Waals surface area contributed by atoms with Crippen molar-refractivity contribution in [3.8, 4) is 0 Å². The molecule has 0 bridgehead atoms. The monoisotopic (exact) mass is 321 g/mol. The number of thioether (sulfide) groups is 1. The number of hydrogen-bond acceptors (Lipinski definition) is 4. The molecule has 0 aliphatic carbocycles. The molecular formula is C16H23N3O2S. The van der Waals surface area contributed by atoms with Crippen LogP contribution in [0, 0.1) is 0 Å². The Morgan fingerprint density at radius 2 is 1.91 bits per heavy atom. The summed E-state index contributed by atoms with van der Waals surface area (Å²) < 4.78 is 2.62. The molecule has 5 nitrogen and oxygen atoms in total. The minimum absolute atomic E-state index is 0.255. The molecule has 1 atom stereocenters. The smallest absolute Gasteiger partial charge is 0.280 e. The highest BCUT2D eigenvalue weighted by Gasteiger charge is 2.18. The van der Waals surface area contributed by atoms with Gasteiger partial charge in [-0.15, -0.1) is 11.8 Å². The maximum Gasteiger partial charge on any atom is 0.332 e. The zero-order valence-corrected chi connectivity index (χ0v) is 14.7. The zero-order valence-electron chi connectivity index (χ0n) is 13.8. The molecule has 22 heavy (non-hydrogen) atoms. The van der Waals surface area contributed by atoms with Gasteiger partial charge in [-0.3, -0.25) is 13.9 Å². The van der Waals surface area contributed by atoms with Crippen molar-refractivity contribution < 1.29 is 0 Å². The van der Waals surface area contributed by atoms with E-state index in [9.17, 15) is 9.59 Å². The first kappa shape index (κ1) is 16.8. The fourth-order valence-electron chi connectivity index (χ4n) is 2.41. The van der Waals surface area contributed by atoms with Gasteiger partial charge >= 0.3 is 5.69 Å². The molecule has 0 aliphatic rings. The Morgan fingerprint density at radius 3 is 2.50 bits per heavy atom. The number of nitrogens with zero attached hydrogens (tertiary/aromatic N) is 3. The molecule has 0 saturated carbocycles. The van der Waals surface area contributed by atoms with Crippen LogP contribution in [-0.4, -0.2) is 19.4 Å². The van der Waals surface area contributed by atoms with Crippen molar-refractivity contribution in [1.82, 2.24) is 14.1 Å². The van der Waals surface area contributed by atoms with Crippen LogP contribution in [0.15, 0.2) is 20.7 Å². The van der Waals surface area contributed by atoms with Crippen molar-refractivity contribution in [2.45, 2.75) is 50.2 Å². The highest BCUT2D eigenvalue weighted by molar-refractivity contribution is 8.00. The van der Waals surface area contributed by atoms with Crippen LogP contribution < -0.4 is 11.2 Å². The van der Waals surface area contributed by atoms with Crippen LogP contribution in [0.4, 0.5) is 0 Å². The molecule has 0 radical (unpaired) electrons. The van der Waals surface area contributed by atoms with Crippen LogP contribution >= 0.6 is 11.8 Å². The molecule has 0 aromatic carbocycles. The molecule has 120 valence electrons. The lowest BCUT2D eigenvalue weighted by Crippen LogP contribution is -2.37. The van der Waals surface area contributed by atoms with E-state index in [0.29, 0.717) is 16.3 Å². The van der Waals surface area contributed by atoms with E-state index in [2.05, 4.69) is 25.8 Å². The number of fused-ring (bicyclic) bond motifs is 1. The van der Waals surface area contributed by atoms with Crippen LogP contribution in [0.2, 0.25) is 0 Å². The highest BCUT2D eigenvalue weighted by atomic mass is 32.2. The van der Waals surface area contributed by atoms with E-state index in [1.165, 1.54) is 16.2 Å². The molecule has 2 heterocycles. The summed E-state index contributed by atoms with van der Waals surface area (Å²) in [7, 11) is 3.18. The minimum atomic E-state index is -0.340. The molecule has 0 amide bonds. The summed E-state index contributed by atoms with van der Waals surface area (Å²) in [5.74, 6) is 0. The van der Waals surface area contributed by atoms with Crippen LogP contribution in [0.25, 0.3) is 11.0 Å². The normalized spacial score (nSPS) is 12.8. The van der Waals surface area contributed by atoms with Crippen molar-refractivity contribution >= 4 is 22.8 Å². The molecule has 6 heteroatoms. The van der Waals surface area contributed by atoms with Gasteiger partial charge in [-0.25, -0.2) is 9.78 Å². The van der Waals surface area contributed by atoms with E-state index in [1.54, 1.807) is 18.8 Å². The predicted molar refractivity (Wildman–Crippen MR) is 91.8 cm³/mol. The standard InChI is InChI=1S/C16H23N3O2S/c1-6-8-11-9-17-14-12(13(11)22-10(3)7-2)15(20)19(5)16(21)18(14)4/h9-10H,6-8H2,1-5H3/t10-/m1/s1. The minimum Gasteiger partial charge on any atom is -0.280 e. The summed E-state index contributed by atoms with van der Waals surface area (Å²) in [6.45, 7) is 6.40. The average molecular weight is 321 g/mol. The molecular weight excluding hydrogens is 298 g/mol. The van der Waals surface area contributed by atoms with Crippen LogP contribution in [-0.2, 0) is 20.5 Å². The summed E-state index contributed by atoms with van der Waals surface area (Å²) in [5, 5.41) is 0.976. The van der Waals surface area contributed by atoms with E-state index in [4.69, 9.17) is 0 Å². The predicted octanol–water partition coefficient (Wildman–Crippen LogP) is 2.48. The van der Waals surface area contributed by atoms with Gasteiger partial charge in [0.2, 0.25) is 0 Å². The Morgan fingerprint density at radius 1 is 1.23 bits per heavy atom. The lowest BCUT2D eigenvalue weighted by atomic mass is 10.1. The summed E-state index contributed by atoms with van der Waals surface area (Å²) in [6, 6.07) is 0. The number of aromatic nitrogens is 3. The topological polar surface area (TPSA) is 56.9 Å². The molecule has 0 unspecified atom stereocenters. The number of rotatable bonds is 5. The molecule has 2 rings (SSSR count). The summed E-state index contributed by atoms with van der Waals surface area (Å²) in [4.78, 5) is 30.1. The summed E-state index contributed by atoms with van der Waals surface area (Å²) in [5.41, 5.74) is 0.969. The maximum atomic E-state index is 12.6. The summed E-state index contributed by atoms with van der Waals surface area (Å²) >= 11 is 1.71. The van der Waals surface area contributed by atoms with Crippen molar-refractivity contribution in [3.63, 3.8) is 0 Å². The number of pyridine rings is 1. The van der Waals surface area contributed by atoms with E-state index in [0.717, 1.165) is 29.7 Å². The third kappa shape index (κ3) is 2.84. The second-order valence-electron chi connectivity index (χ2n) is 5.60. The molecule has 2 aromatic rings. The van der Waals surface area contributed by atoms with Gasteiger partial charge in [0.05, 0.1) is 5.39 Å². The maximum absolute atomic E-state index is 12.6. The third-order valence-corrected chi connectivity index (χ3v) is 5.35. The SMILES string of the molecule is CCCc1cnc2c(c1S[C@H](C)CC)c(=O)n(C)c(=O)n2C. The van der Waals surface area contributed by atoms with Gasteiger partial charge in [-0.05, 0) is 18.4 Å². The average Bonchev–Trinajstić information content (AvgIpc) is 2.52. The van der Waals surface area contributed by atoms with Gasteiger partial charge in [0.15, 0.2) is 0 Å². The van der Waals surface area contributed by atoms with E-state index >= 15 is 0 Å². The number of aryl methyl sites for hydroxylation is 2. The van der Waals surface area contributed by atoms with Crippen molar-refractivity contribution in [3.05, 3.63) is 32.6 Å². The second kappa shape index (κ2) is 6.69. The van der Waals surface area contributed by atoms with Gasteiger partial charge in [-0.2, -0.15) is 0 Å². The first-order valence-corrected chi connectivity index (χ1v) is 8.54. The molecule has 0 saturated heterocycles. The Labute approximate surface area is 134 Å². The second-order valence-corrected chi connectivity index (χ2v) is 7.05. The molecule has 2 aromatic heterocycles. The van der Waals surface area contributed by atoms with Gasteiger partial charge in [0, 0.05) is 30.4 Å². The molecule has 0 N–H and O–H groups in total. The van der Waals surface area contributed by atoms with Gasteiger partial charge in [0.1, 0.15) is 5.65 Å². The molecule has 0 spiro atoms. The van der Waals surface area contributed by atoms with Gasteiger partial charge in [0.25, 0.3) is 5.56 Å². The van der Waals surface area contributed by atoms with E-state index in [1.807, 2.05) is 6.20 Å². The fraction of sp³-hybridized carbons (Fsp3) is 0.562. The van der Waals surface area contributed by atoms with E-state index in [-0.39, 0.29) is 11.2 Å². The largest absolute Gasteiger partial charge is 0.332 e. The molecule has 0 aliphatic heterocycles. The molecule has 0 fully saturated rings. The van der Waals surface area contributed by atoms with Crippen molar-refractivity contribution in [2.75, 3.05) is 0 Å². The number of hydrogen-bond donors (Lipinski definition) is 0. The van der Waals surface area contributed by atoms with Gasteiger partial charge in [-0.1, -0.05) is 27.2 Å². The van der Waals surface area contributed by atoms with Gasteiger partial charge < -0.3 is 0 Å². The zero-order chi connectivity index (χ0) is 16.4. The quantitative estimate of drug-likeness (QED) is 0.794.